The lowest BCUT2D eigenvalue weighted by atomic mass is 9.87. The topological polar surface area (TPSA) is 40.1 Å². The van der Waals surface area contributed by atoms with Crippen LogP contribution in [0.25, 0.3) is 0 Å². The zero-order valence-corrected chi connectivity index (χ0v) is 17.3. The number of aliphatic imine (C=N–C) groups is 1. The fourth-order valence-electron chi connectivity index (χ4n) is 4.46. The predicted molar refractivity (Wildman–Crippen MR) is 112 cm³/mol. The molecule has 2 heterocycles. The van der Waals surface area contributed by atoms with Crippen molar-refractivity contribution in [3.8, 4) is 0 Å². The van der Waals surface area contributed by atoms with E-state index < -0.39 is 0 Å². The molecule has 0 radical (unpaired) electrons. The predicted octanol–water partition coefficient (Wildman–Crippen LogP) is 3.15. The SMILES string of the molecule is CCNC(=NCC(c1ccccc1)N(CC)CC)N1CCC2(CCOC2)C1. The van der Waals surface area contributed by atoms with Gasteiger partial charge in [0.15, 0.2) is 5.96 Å². The van der Waals surface area contributed by atoms with Gasteiger partial charge in [0.05, 0.1) is 19.2 Å². The molecule has 0 aliphatic carbocycles. The maximum Gasteiger partial charge on any atom is 0.194 e. The number of benzene rings is 1. The summed E-state index contributed by atoms with van der Waals surface area (Å²) in [7, 11) is 0. The van der Waals surface area contributed by atoms with Gasteiger partial charge in [0, 0.05) is 31.7 Å². The highest BCUT2D eigenvalue weighted by Crippen LogP contribution is 2.38. The van der Waals surface area contributed by atoms with Crippen LogP contribution in [0.2, 0.25) is 0 Å². The Morgan fingerprint density at radius 3 is 2.63 bits per heavy atom. The summed E-state index contributed by atoms with van der Waals surface area (Å²) in [5, 5.41) is 3.53. The lowest BCUT2D eigenvalue weighted by Gasteiger charge is -2.30. The van der Waals surface area contributed by atoms with E-state index in [4.69, 9.17) is 9.73 Å². The second-order valence-corrected chi connectivity index (χ2v) is 7.82. The molecule has 2 fully saturated rings. The molecule has 0 aromatic heterocycles. The van der Waals surface area contributed by atoms with Crippen LogP contribution >= 0.6 is 0 Å². The van der Waals surface area contributed by atoms with E-state index in [1.54, 1.807) is 0 Å². The van der Waals surface area contributed by atoms with Gasteiger partial charge in [-0.2, -0.15) is 0 Å². The highest BCUT2D eigenvalue weighted by Gasteiger charge is 2.42. The summed E-state index contributed by atoms with van der Waals surface area (Å²) in [6, 6.07) is 11.1. The lowest BCUT2D eigenvalue weighted by molar-refractivity contribution is 0.156. The highest BCUT2D eigenvalue weighted by atomic mass is 16.5. The Labute approximate surface area is 164 Å². The van der Waals surface area contributed by atoms with E-state index in [1.165, 1.54) is 18.4 Å². The fourth-order valence-corrected chi connectivity index (χ4v) is 4.46. The summed E-state index contributed by atoms with van der Waals surface area (Å²) in [5.74, 6) is 1.06. The van der Waals surface area contributed by atoms with Gasteiger partial charge in [-0.25, -0.2) is 0 Å². The molecule has 1 N–H and O–H groups in total. The normalized spacial score (nSPS) is 24.1. The zero-order valence-electron chi connectivity index (χ0n) is 17.3. The molecule has 0 amide bonds. The number of hydrogen-bond acceptors (Lipinski definition) is 3. The smallest absolute Gasteiger partial charge is 0.194 e. The average Bonchev–Trinajstić information content (AvgIpc) is 3.35. The van der Waals surface area contributed by atoms with E-state index in [9.17, 15) is 0 Å². The number of nitrogens with one attached hydrogen (secondary N) is 1. The molecule has 5 nitrogen and oxygen atoms in total. The first kappa shape index (κ1) is 20.2. The number of likely N-dealkylation sites (tertiary alicyclic amines) is 1. The van der Waals surface area contributed by atoms with Crippen LogP contribution in [-0.4, -0.2) is 68.2 Å². The van der Waals surface area contributed by atoms with Crippen molar-refractivity contribution < 1.29 is 4.74 Å². The molecule has 2 saturated heterocycles. The van der Waals surface area contributed by atoms with Gasteiger partial charge in [0.2, 0.25) is 0 Å². The van der Waals surface area contributed by atoms with Crippen LogP contribution in [0.5, 0.6) is 0 Å². The van der Waals surface area contributed by atoms with Crippen molar-refractivity contribution in [2.75, 3.05) is 52.5 Å². The maximum atomic E-state index is 5.69. The second kappa shape index (κ2) is 9.56. The van der Waals surface area contributed by atoms with Crippen molar-refractivity contribution in [1.29, 1.82) is 0 Å². The molecular weight excluding hydrogens is 336 g/mol. The van der Waals surface area contributed by atoms with Gasteiger partial charge >= 0.3 is 0 Å². The minimum absolute atomic E-state index is 0.321. The van der Waals surface area contributed by atoms with Crippen LogP contribution in [0.1, 0.15) is 45.2 Å². The minimum atomic E-state index is 0.321. The number of nitrogens with zero attached hydrogens (tertiary/aromatic N) is 3. The second-order valence-electron chi connectivity index (χ2n) is 7.82. The number of guanidine groups is 1. The van der Waals surface area contributed by atoms with Gasteiger partial charge in [-0.05, 0) is 38.4 Å². The Bertz CT molecular complexity index is 594. The molecule has 2 aliphatic heterocycles. The van der Waals surface area contributed by atoms with Crippen LogP contribution in [-0.2, 0) is 4.74 Å². The molecule has 2 unspecified atom stereocenters. The summed E-state index contributed by atoms with van der Waals surface area (Å²) in [4.78, 5) is 10.0. The van der Waals surface area contributed by atoms with Crippen LogP contribution in [0.3, 0.4) is 0 Å². The van der Waals surface area contributed by atoms with Crippen molar-refractivity contribution in [3.05, 3.63) is 35.9 Å². The number of hydrogen-bond donors (Lipinski definition) is 1. The summed E-state index contributed by atoms with van der Waals surface area (Å²) < 4.78 is 5.69. The summed E-state index contributed by atoms with van der Waals surface area (Å²) >= 11 is 0. The van der Waals surface area contributed by atoms with Crippen molar-refractivity contribution in [3.63, 3.8) is 0 Å². The fraction of sp³-hybridized carbons (Fsp3) is 0.682. The molecule has 0 bridgehead atoms. The van der Waals surface area contributed by atoms with Crippen LogP contribution in [0.15, 0.2) is 35.3 Å². The standard InChI is InChI=1S/C22H36N4O/c1-4-23-21(26-14-12-22(17-26)13-15-27-18-22)24-16-20(25(5-2)6-3)19-10-8-7-9-11-19/h7-11,20H,4-6,12-18H2,1-3H3,(H,23,24). The summed E-state index contributed by atoms with van der Waals surface area (Å²) in [6.07, 6.45) is 2.41. The Balaban J connectivity index is 1.75. The first-order chi connectivity index (χ1) is 13.2. The van der Waals surface area contributed by atoms with Crippen molar-refractivity contribution >= 4 is 5.96 Å². The first-order valence-corrected chi connectivity index (χ1v) is 10.6. The molecule has 0 saturated carbocycles. The van der Waals surface area contributed by atoms with Crippen LogP contribution in [0.4, 0.5) is 0 Å². The molecular formula is C22H36N4O. The monoisotopic (exact) mass is 372 g/mol. The summed E-state index contributed by atoms with van der Waals surface area (Å²) in [5.41, 5.74) is 1.70. The quantitative estimate of drug-likeness (QED) is 0.590. The van der Waals surface area contributed by atoms with Gasteiger partial charge in [-0.15, -0.1) is 0 Å². The molecule has 27 heavy (non-hydrogen) atoms. The molecule has 3 rings (SSSR count). The van der Waals surface area contributed by atoms with E-state index in [0.717, 1.165) is 58.4 Å². The third-order valence-electron chi connectivity index (χ3n) is 6.11. The molecule has 150 valence electrons. The van der Waals surface area contributed by atoms with Crippen LogP contribution in [0, 0.1) is 5.41 Å². The first-order valence-electron chi connectivity index (χ1n) is 10.6. The maximum absolute atomic E-state index is 5.69. The van der Waals surface area contributed by atoms with Crippen LogP contribution < -0.4 is 5.32 Å². The number of likely N-dealkylation sites (N-methyl/N-ethyl adjacent to an activating group) is 1. The molecule has 2 aliphatic rings. The highest BCUT2D eigenvalue weighted by molar-refractivity contribution is 5.80. The molecule has 2 atom stereocenters. The Kier molecular flexibility index (Phi) is 7.13. The van der Waals surface area contributed by atoms with Crippen molar-refractivity contribution in [2.24, 2.45) is 10.4 Å². The largest absolute Gasteiger partial charge is 0.381 e. The van der Waals surface area contributed by atoms with E-state index >= 15 is 0 Å². The van der Waals surface area contributed by atoms with Crippen molar-refractivity contribution in [2.45, 2.75) is 39.7 Å². The van der Waals surface area contributed by atoms with Gasteiger partial charge in [-0.3, -0.25) is 9.89 Å². The summed E-state index contributed by atoms with van der Waals surface area (Å²) in [6.45, 7) is 14.4. The zero-order chi connectivity index (χ0) is 19.1. The van der Waals surface area contributed by atoms with E-state index in [1.807, 2.05) is 0 Å². The van der Waals surface area contributed by atoms with Crippen molar-refractivity contribution in [1.82, 2.24) is 15.1 Å². The lowest BCUT2D eigenvalue weighted by Crippen LogP contribution is -2.42. The van der Waals surface area contributed by atoms with Gasteiger partial charge in [0.1, 0.15) is 0 Å². The Hall–Kier alpha value is -1.59. The third kappa shape index (κ3) is 4.82. The van der Waals surface area contributed by atoms with Gasteiger partial charge in [-0.1, -0.05) is 44.2 Å². The minimum Gasteiger partial charge on any atom is -0.381 e. The van der Waals surface area contributed by atoms with Gasteiger partial charge in [0.25, 0.3) is 0 Å². The molecule has 1 spiro atoms. The van der Waals surface area contributed by atoms with E-state index in [-0.39, 0.29) is 0 Å². The third-order valence-corrected chi connectivity index (χ3v) is 6.11. The van der Waals surface area contributed by atoms with E-state index in [2.05, 4.69) is 66.2 Å². The van der Waals surface area contributed by atoms with E-state index in [0.29, 0.717) is 11.5 Å². The Morgan fingerprint density at radius 1 is 1.22 bits per heavy atom. The van der Waals surface area contributed by atoms with Gasteiger partial charge < -0.3 is 15.0 Å². The molecule has 1 aromatic carbocycles. The average molecular weight is 373 g/mol. The molecule has 5 heteroatoms. The number of rotatable bonds is 7. The molecule has 1 aromatic rings. The Morgan fingerprint density at radius 2 is 2.00 bits per heavy atom. The number of ether oxygens (including phenoxy) is 1.